The first-order valence-corrected chi connectivity index (χ1v) is 5.85. The summed E-state index contributed by atoms with van der Waals surface area (Å²) in [4.78, 5) is 0. The van der Waals surface area contributed by atoms with Crippen LogP contribution in [-0.4, -0.2) is 26.9 Å². The van der Waals surface area contributed by atoms with Crippen molar-refractivity contribution in [3.8, 4) is 5.75 Å². The maximum absolute atomic E-state index is 5.74. The second kappa shape index (κ2) is 7.92. The molecule has 0 radical (unpaired) electrons. The monoisotopic (exact) mass is 239 g/mol. The van der Waals surface area contributed by atoms with Crippen LogP contribution in [0.5, 0.6) is 5.75 Å². The van der Waals surface area contributed by atoms with Gasteiger partial charge in [-0.25, -0.2) is 0 Å². The van der Waals surface area contributed by atoms with Gasteiger partial charge in [-0.1, -0.05) is 6.92 Å². The third-order valence-corrected chi connectivity index (χ3v) is 2.21. The van der Waals surface area contributed by atoms with Crippen LogP contribution in [-0.2, 0) is 16.1 Å². The van der Waals surface area contributed by atoms with Crippen molar-refractivity contribution in [1.29, 1.82) is 0 Å². The lowest BCUT2D eigenvalue weighted by atomic mass is 10.2. The van der Waals surface area contributed by atoms with Crippen molar-refractivity contribution in [2.75, 3.05) is 32.7 Å². The predicted molar refractivity (Wildman–Crippen MR) is 68.2 cm³/mol. The van der Waals surface area contributed by atoms with E-state index in [1.54, 1.807) is 13.2 Å². The Morgan fingerprint density at radius 3 is 2.53 bits per heavy atom. The molecule has 0 aliphatic carbocycles. The fraction of sp³-hybridized carbons (Fsp3) is 0.538. The van der Waals surface area contributed by atoms with E-state index >= 15 is 0 Å². The van der Waals surface area contributed by atoms with E-state index in [1.807, 2.05) is 12.1 Å². The van der Waals surface area contributed by atoms with Crippen molar-refractivity contribution in [2.45, 2.75) is 20.0 Å². The van der Waals surface area contributed by atoms with Gasteiger partial charge in [0.25, 0.3) is 0 Å². The van der Waals surface area contributed by atoms with E-state index < -0.39 is 0 Å². The second-order valence-electron chi connectivity index (χ2n) is 3.78. The average Bonchev–Trinajstić information content (AvgIpc) is 2.33. The molecule has 1 aromatic carbocycles. The molecule has 4 heteroatoms. The molecule has 4 nitrogen and oxygen atoms in total. The molecule has 0 aromatic heterocycles. The van der Waals surface area contributed by atoms with Crippen LogP contribution in [0.15, 0.2) is 18.2 Å². The molecule has 0 saturated carbocycles. The molecule has 0 unspecified atom stereocenters. The lowest BCUT2D eigenvalue weighted by molar-refractivity contribution is 0.0408. The second-order valence-corrected chi connectivity index (χ2v) is 3.78. The molecular weight excluding hydrogens is 218 g/mol. The minimum Gasteiger partial charge on any atom is -0.497 e. The molecule has 17 heavy (non-hydrogen) atoms. The minimum atomic E-state index is 0.525. The quantitative estimate of drug-likeness (QED) is 0.558. The van der Waals surface area contributed by atoms with Crippen molar-refractivity contribution in [3.05, 3.63) is 23.8 Å². The first kappa shape index (κ1) is 13.8. The van der Waals surface area contributed by atoms with Crippen LogP contribution < -0.4 is 10.5 Å². The highest BCUT2D eigenvalue weighted by Gasteiger charge is 1.99. The van der Waals surface area contributed by atoms with E-state index in [0.717, 1.165) is 24.3 Å². The van der Waals surface area contributed by atoms with Gasteiger partial charge in [0.2, 0.25) is 0 Å². The van der Waals surface area contributed by atoms with E-state index in [4.69, 9.17) is 19.9 Å². The number of ether oxygens (including phenoxy) is 3. The molecule has 0 bridgehead atoms. The molecule has 0 heterocycles. The van der Waals surface area contributed by atoms with Crippen LogP contribution in [0.3, 0.4) is 0 Å². The van der Waals surface area contributed by atoms with Crippen LogP contribution in [0.2, 0.25) is 0 Å². The van der Waals surface area contributed by atoms with Gasteiger partial charge in [0.1, 0.15) is 5.75 Å². The smallest absolute Gasteiger partial charge is 0.121 e. The normalized spacial score (nSPS) is 10.5. The van der Waals surface area contributed by atoms with E-state index in [-0.39, 0.29) is 0 Å². The van der Waals surface area contributed by atoms with Gasteiger partial charge in [-0.3, -0.25) is 0 Å². The largest absolute Gasteiger partial charge is 0.497 e. The minimum absolute atomic E-state index is 0.525. The highest BCUT2D eigenvalue weighted by molar-refractivity contribution is 5.47. The number of rotatable bonds is 8. The van der Waals surface area contributed by atoms with Crippen molar-refractivity contribution in [1.82, 2.24) is 0 Å². The third kappa shape index (κ3) is 5.56. The summed E-state index contributed by atoms with van der Waals surface area (Å²) in [5.41, 5.74) is 7.44. The Morgan fingerprint density at radius 1 is 1.06 bits per heavy atom. The summed E-state index contributed by atoms with van der Waals surface area (Å²) in [6, 6.07) is 5.59. The Kier molecular flexibility index (Phi) is 6.43. The molecule has 0 aliphatic rings. The van der Waals surface area contributed by atoms with Crippen LogP contribution >= 0.6 is 0 Å². The van der Waals surface area contributed by atoms with Crippen LogP contribution in [0.1, 0.15) is 18.9 Å². The van der Waals surface area contributed by atoms with Gasteiger partial charge in [-0.05, 0) is 24.1 Å². The highest BCUT2D eigenvalue weighted by Crippen LogP contribution is 2.18. The topological polar surface area (TPSA) is 53.7 Å². The molecule has 0 aliphatic heterocycles. The zero-order valence-electron chi connectivity index (χ0n) is 10.6. The summed E-state index contributed by atoms with van der Waals surface area (Å²) in [7, 11) is 1.62. The van der Waals surface area contributed by atoms with Crippen molar-refractivity contribution in [2.24, 2.45) is 0 Å². The van der Waals surface area contributed by atoms with Crippen LogP contribution in [0.25, 0.3) is 0 Å². The summed E-state index contributed by atoms with van der Waals surface area (Å²) in [6.07, 6.45) is 1.03. The average molecular weight is 239 g/mol. The van der Waals surface area contributed by atoms with Crippen LogP contribution in [0.4, 0.5) is 5.69 Å². The Bertz CT molecular complexity index is 328. The highest BCUT2D eigenvalue weighted by atomic mass is 16.5. The number of methoxy groups -OCH3 is 1. The molecule has 0 saturated heterocycles. The van der Waals surface area contributed by atoms with Gasteiger partial charge < -0.3 is 19.9 Å². The van der Waals surface area contributed by atoms with Crippen molar-refractivity contribution >= 4 is 5.69 Å². The summed E-state index contributed by atoms with van der Waals surface area (Å²) < 4.78 is 15.9. The Hall–Kier alpha value is -1.26. The molecule has 1 rings (SSSR count). The van der Waals surface area contributed by atoms with E-state index in [2.05, 4.69) is 6.92 Å². The fourth-order valence-electron chi connectivity index (χ4n) is 1.44. The summed E-state index contributed by atoms with van der Waals surface area (Å²) in [6.45, 7) is 4.62. The van der Waals surface area contributed by atoms with Gasteiger partial charge in [-0.15, -0.1) is 0 Å². The van der Waals surface area contributed by atoms with E-state index in [0.29, 0.717) is 25.5 Å². The molecule has 0 amide bonds. The number of anilines is 1. The molecule has 96 valence electrons. The maximum atomic E-state index is 5.74. The predicted octanol–water partition coefficient (Wildman–Crippen LogP) is 2.22. The molecular formula is C13H21NO3. The van der Waals surface area contributed by atoms with E-state index in [1.165, 1.54) is 0 Å². The number of hydrogen-bond donors (Lipinski definition) is 1. The number of hydrogen-bond acceptors (Lipinski definition) is 4. The van der Waals surface area contributed by atoms with Gasteiger partial charge in [0.15, 0.2) is 0 Å². The SMILES string of the molecule is CCCOCCOCc1cc(N)cc(OC)c1. The zero-order chi connectivity index (χ0) is 12.5. The first-order chi connectivity index (χ1) is 8.26. The lowest BCUT2D eigenvalue weighted by Gasteiger charge is -2.08. The third-order valence-electron chi connectivity index (χ3n) is 2.21. The number of nitrogens with two attached hydrogens (primary N) is 1. The lowest BCUT2D eigenvalue weighted by Crippen LogP contribution is -2.05. The Balaban J connectivity index is 2.28. The molecule has 0 fully saturated rings. The molecule has 1 aromatic rings. The molecule has 0 atom stereocenters. The first-order valence-electron chi connectivity index (χ1n) is 5.85. The van der Waals surface area contributed by atoms with Gasteiger partial charge in [0.05, 0.1) is 26.9 Å². The Labute approximate surface area is 103 Å². The Morgan fingerprint density at radius 2 is 1.82 bits per heavy atom. The van der Waals surface area contributed by atoms with Gasteiger partial charge in [-0.2, -0.15) is 0 Å². The fourth-order valence-corrected chi connectivity index (χ4v) is 1.44. The standard InChI is InChI=1S/C13H21NO3/c1-3-4-16-5-6-17-10-11-7-12(14)9-13(8-11)15-2/h7-9H,3-6,10,14H2,1-2H3. The molecule has 2 N–H and O–H groups in total. The maximum Gasteiger partial charge on any atom is 0.121 e. The van der Waals surface area contributed by atoms with Gasteiger partial charge >= 0.3 is 0 Å². The number of nitrogen functional groups attached to an aromatic ring is 1. The summed E-state index contributed by atoms with van der Waals surface area (Å²) in [5, 5.41) is 0. The van der Waals surface area contributed by atoms with Crippen LogP contribution in [0, 0.1) is 0 Å². The van der Waals surface area contributed by atoms with Gasteiger partial charge in [0, 0.05) is 18.4 Å². The number of benzene rings is 1. The van der Waals surface area contributed by atoms with E-state index in [9.17, 15) is 0 Å². The summed E-state index contributed by atoms with van der Waals surface area (Å²) >= 11 is 0. The van der Waals surface area contributed by atoms with Crippen molar-refractivity contribution < 1.29 is 14.2 Å². The molecule has 0 spiro atoms. The summed E-state index contributed by atoms with van der Waals surface area (Å²) in [5.74, 6) is 0.755. The van der Waals surface area contributed by atoms with Crippen molar-refractivity contribution in [3.63, 3.8) is 0 Å². The zero-order valence-corrected chi connectivity index (χ0v) is 10.6.